The Hall–Kier alpha value is -1.35. The summed E-state index contributed by atoms with van der Waals surface area (Å²) in [5.41, 5.74) is 0.304. The Morgan fingerprint density at radius 2 is 2.10 bits per heavy atom. The lowest BCUT2D eigenvalue weighted by molar-refractivity contribution is -0.192. The summed E-state index contributed by atoms with van der Waals surface area (Å²) in [5, 5.41) is 10.5. The van der Waals surface area contributed by atoms with Crippen molar-refractivity contribution in [3.8, 4) is 0 Å². The van der Waals surface area contributed by atoms with Gasteiger partial charge in [0.2, 0.25) is 0 Å². The molecule has 9 heteroatoms. The van der Waals surface area contributed by atoms with E-state index in [0.717, 1.165) is 26.1 Å². The molecule has 0 amide bonds. The summed E-state index contributed by atoms with van der Waals surface area (Å²) in [6.45, 7) is 2.90. The number of carboxylic acids is 1. The van der Waals surface area contributed by atoms with Gasteiger partial charge in [-0.25, -0.2) is 4.79 Å². The number of halogens is 3. The summed E-state index contributed by atoms with van der Waals surface area (Å²) in [5.74, 6) is -2.93. The molecule has 0 saturated carbocycles. The van der Waals surface area contributed by atoms with E-state index >= 15 is 0 Å². The predicted molar refractivity (Wildman–Crippen MR) is 64.6 cm³/mol. The third-order valence-corrected chi connectivity index (χ3v) is 3.48. The first-order chi connectivity index (χ1) is 9.68. The molecule has 6 nitrogen and oxygen atoms in total. The minimum Gasteiger partial charge on any atom is -0.475 e. The number of carbonyl (C=O) groups is 2. The third-order valence-electron chi connectivity index (χ3n) is 3.48. The van der Waals surface area contributed by atoms with E-state index in [9.17, 15) is 18.0 Å². The lowest BCUT2D eigenvalue weighted by Gasteiger charge is -2.18. The van der Waals surface area contributed by atoms with Gasteiger partial charge in [0.05, 0.1) is 26.2 Å². The van der Waals surface area contributed by atoms with E-state index < -0.39 is 12.1 Å². The smallest absolute Gasteiger partial charge is 0.475 e. The molecule has 2 fully saturated rings. The van der Waals surface area contributed by atoms with Gasteiger partial charge in [0.15, 0.2) is 0 Å². The number of rotatable bonds is 2. The number of carboxylic acid groups (broad SMARTS) is 1. The summed E-state index contributed by atoms with van der Waals surface area (Å²) >= 11 is 0. The van der Waals surface area contributed by atoms with E-state index in [1.165, 1.54) is 13.5 Å². The Labute approximate surface area is 119 Å². The number of hydrogen-bond donors (Lipinski definition) is 2. The number of methoxy groups -OCH3 is 1. The number of carbonyl (C=O) groups excluding carboxylic acids is 1. The molecule has 2 atom stereocenters. The first-order valence-corrected chi connectivity index (χ1v) is 6.38. The Balaban J connectivity index is 0.000000270. The number of ether oxygens (including phenoxy) is 2. The summed E-state index contributed by atoms with van der Waals surface area (Å²) in [6.07, 6.45) is -2.44. The highest BCUT2D eigenvalue weighted by Crippen LogP contribution is 2.38. The number of hydrogen-bond acceptors (Lipinski definition) is 5. The quantitative estimate of drug-likeness (QED) is 0.739. The summed E-state index contributed by atoms with van der Waals surface area (Å²) in [6, 6.07) is 0. The van der Waals surface area contributed by atoms with Gasteiger partial charge in [-0.3, -0.25) is 4.79 Å². The summed E-state index contributed by atoms with van der Waals surface area (Å²) < 4.78 is 42.0. The van der Waals surface area contributed by atoms with Gasteiger partial charge in [0, 0.05) is 12.0 Å². The molecule has 2 heterocycles. The molecule has 0 aromatic rings. The van der Waals surface area contributed by atoms with Crippen LogP contribution in [0.15, 0.2) is 0 Å². The van der Waals surface area contributed by atoms with Crippen molar-refractivity contribution in [2.45, 2.75) is 31.5 Å². The molecule has 0 aromatic heterocycles. The van der Waals surface area contributed by atoms with Gasteiger partial charge in [0.25, 0.3) is 0 Å². The molecule has 2 aliphatic heterocycles. The van der Waals surface area contributed by atoms with Crippen LogP contribution in [0, 0.1) is 5.41 Å². The molecule has 1 spiro atoms. The fraction of sp³-hybridized carbons (Fsp3) is 0.833. The van der Waals surface area contributed by atoms with Gasteiger partial charge < -0.3 is 19.9 Å². The van der Waals surface area contributed by atoms with Gasteiger partial charge in [-0.15, -0.1) is 0 Å². The fourth-order valence-electron chi connectivity index (χ4n) is 2.39. The maximum absolute atomic E-state index is 11.1. The van der Waals surface area contributed by atoms with Crippen LogP contribution in [0.4, 0.5) is 13.2 Å². The van der Waals surface area contributed by atoms with E-state index in [4.69, 9.17) is 14.6 Å². The van der Waals surface area contributed by atoms with E-state index in [1.807, 2.05) is 0 Å². The molecule has 2 N–H and O–H groups in total. The number of aliphatic carboxylic acids is 1. The highest BCUT2D eigenvalue weighted by Gasteiger charge is 2.42. The van der Waals surface area contributed by atoms with Gasteiger partial charge in [-0.2, -0.15) is 13.2 Å². The molecule has 0 aromatic carbocycles. The molecule has 2 rings (SSSR count). The van der Waals surface area contributed by atoms with Crippen LogP contribution in [-0.4, -0.2) is 56.1 Å². The monoisotopic (exact) mass is 313 g/mol. The molecular weight excluding hydrogens is 295 g/mol. The Bertz CT molecular complexity index is 380. The molecule has 0 radical (unpaired) electrons. The maximum Gasteiger partial charge on any atom is 0.490 e. The highest BCUT2D eigenvalue weighted by atomic mass is 19.4. The van der Waals surface area contributed by atoms with Crippen LogP contribution in [0.1, 0.15) is 19.3 Å². The van der Waals surface area contributed by atoms with Crippen molar-refractivity contribution in [3.63, 3.8) is 0 Å². The van der Waals surface area contributed by atoms with Gasteiger partial charge >= 0.3 is 18.1 Å². The van der Waals surface area contributed by atoms with Gasteiger partial charge in [-0.1, -0.05) is 0 Å². The first kappa shape index (κ1) is 17.7. The van der Waals surface area contributed by atoms with Crippen molar-refractivity contribution in [2.75, 3.05) is 26.8 Å². The van der Waals surface area contributed by atoms with E-state index in [-0.39, 0.29) is 12.1 Å². The van der Waals surface area contributed by atoms with Crippen molar-refractivity contribution in [3.05, 3.63) is 0 Å². The number of nitrogens with one attached hydrogen (secondary N) is 1. The molecule has 21 heavy (non-hydrogen) atoms. The van der Waals surface area contributed by atoms with Crippen molar-refractivity contribution >= 4 is 11.9 Å². The Kier molecular flexibility index (Phi) is 5.97. The maximum atomic E-state index is 11.1. The van der Waals surface area contributed by atoms with Crippen LogP contribution < -0.4 is 5.32 Å². The van der Waals surface area contributed by atoms with Crippen LogP contribution in [0.5, 0.6) is 0 Å². The summed E-state index contributed by atoms with van der Waals surface area (Å²) in [4.78, 5) is 19.9. The molecule has 2 unspecified atom stereocenters. The fourth-order valence-corrected chi connectivity index (χ4v) is 2.39. The Morgan fingerprint density at radius 3 is 2.52 bits per heavy atom. The van der Waals surface area contributed by atoms with E-state index in [2.05, 4.69) is 10.1 Å². The second-order valence-corrected chi connectivity index (χ2v) is 5.15. The van der Waals surface area contributed by atoms with Crippen LogP contribution in [0.2, 0.25) is 0 Å². The molecule has 122 valence electrons. The second-order valence-electron chi connectivity index (χ2n) is 5.15. The predicted octanol–water partition coefficient (Wildman–Crippen LogP) is 0.951. The Morgan fingerprint density at radius 1 is 1.48 bits per heavy atom. The van der Waals surface area contributed by atoms with Crippen molar-refractivity contribution < 1.29 is 37.3 Å². The average molecular weight is 313 g/mol. The lowest BCUT2D eigenvalue weighted by Crippen LogP contribution is -2.24. The van der Waals surface area contributed by atoms with Crippen LogP contribution in [0.3, 0.4) is 0 Å². The molecule has 2 saturated heterocycles. The largest absolute Gasteiger partial charge is 0.490 e. The summed E-state index contributed by atoms with van der Waals surface area (Å²) in [7, 11) is 1.42. The molecular formula is C12H18F3NO5. The van der Waals surface area contributed by atoms with Crippen LogP contribution in [-0.2, 0) is 19.1 Å². The standard InChI is InChI=1S/C10H17NO3.C2HF3O2/c1-13-9(12)4-8-5-10(7-14-8)2-3-11-6-10;3-2(4,5)1(6)7/h8,11H,2-7H2,1H3;(H,6,7). The van der Waals surface area contributed by atoms with Gasteiger partial charge in [0.1, 0.15) is 0 Å². The second kappa shape index (κ2) is 7.08. The highest BCUT2D eigenvalue weighted by molar-refractivity contribution is 5.73. The van der Waals surface area contributed by atoms with Crippen molar-refractivity contribution in [1.29, 1.82) is 0 Å². The zero-order valence-electron chi connectivity index (χ0n) is 11.5. The molecule has 0 aliphatic carbocycles. The minimum atomic E-state index is -5.08. The average Bonchev–Trinajstić information content (AvgIpc) is 3.00. The lowest BCUT2D eigenvalue weighted by atomic mass is 9.84. The van der Waals surface area contributed by atoms with E-state index in [0.29, 0.717) is 11.8 Å². The van der Waals surface area contributed by atoms with E-state index in [1.54, 1.807) is 0 Å². The van der Waals surface area contributed by atoms with Gasteiger partial charge in [-0.05, 0) is 19.4 Å². The first-order valence-electron chi connectivity index (χ1n) is 6.38. The molecule has 0 bridgehead atoms. The SMILES string of the molecule is COC(=O)CC1CC2(CCNC2)CO1.O=C(O)C(F)(F)F. The van der Waals surface area contributed by atoms with Crippen molar-refractivity contribution in [2.24, 2.45) is 5.41 Å². The van der Waals surface area contributed by atoms with Crippen LogP contribution >= 0.6 is 0 Å². The number of alkyl halides is 3. The van der Waals surface area contributed by atoms with Crippen LogP contribution in [0.25, 0.3) is 0 Å². The topological polar surface area (TPSA) is 84.9 Å². The number of esters is 1. The zero-order chi connectivity index (χ0) is 16.1. The zero-order valence-corrected chi connectivity index (χ0v) is 11.5. The minimum absolute atomic E-state index is 0.0716. The van der Waals surface area contributed by atoms with Crippen molar-refractivity contribution in [1.82, 2.24) is 5.32 Å². The third kappa shape index (κ3) is 5.50. The normalized spacial score (nSPS) is 28.1. The molecule has 2 aliphatic rings.